The van der Waals surface area contributed by atoms with E-state index in [1.807, 2.05) is 18.3 Å². The number of aromatic nitrogens is 1. The average Bonchev–Trinajstić information content (AvgIpc) is 2.72. The summed E-state index contributed by atoms with van der Waals surface area (Å²) in [6.45, 7) is 0. The highest BCUT2D eigenvalue weighted by molar-refractivity contribution is 5.24. The van der Waals surface area contributed by atoms with Gasteiger partial charge in [0.15, 0.2) is 0 Å². The van der Waals surface area contributed by atoms with E-state index >= 15 is 0 Å². The van der Waals surface area contributed by atoms with Gasteiger partial charge in [-0.2, -0.15) is 0 Å². The van der Waals surface area contributed by atoms with Crippen molar-refractivity contribution in [1.82, 2.24) is 4.98 Å². The molecule has 2 aliphatic rings. The summed E-state index contributed by atoms with van der Waals surface area (Å²) in [7, 11) is 0. The van der Waals surface area contributed by atoms with E-state index in [1.54, 1.807) is 0 Å². The van der Waals surface area contributed by atoms with Crippen molar-refractivity contribution in [1.29, 1.82) is 0 Å². The summed E-state index contributed by atoms with van der Waals surface area (Å²) in [6, 6.07) is 6.06. The van der Waals surface area contributed by atoms with Crippen molar-refractivity contribution >= 4 is 0 Å². The maximum atomic E-state index is 5.66. The van der Waals surface area contributed by atoms with E-state index < -0.39 is 0 Å². The van der Waals surface area contributed by atoms with Crippen LogP contribution in [-0.2, 0) is 10.3 Å². The molecule has 0 unspecified atom stereocenters. The average molecular weight is 161 g/mol. The van der Waals surface area contributed by atoms with Crippen molar-refractivity contribution in [3.05, 3.63) is 30.1 Å². The first-order valence-corrected chi connectivity index (χ1v) is 4.51. The fourth-order valence-electron chi connectivity index (χ4n) is 2.25. The molecular weight excluding hydrogens is 150 g/mol. The van der Waals surface area contributed by atoms with Gasteiger partial charge in [-0.25, -0.2) is 0 Å². The Morgan fingerprint density at radius 2 is 2.50 bits per heavy atom. The van der Waals surface area contributed by atoms with Gasteiger partial charge in [0.25, 0.3) is 0 Å². The minimum absolute atomic E-state index is 0.0429. The van der Waals surface area contributed by atoms with Crippen LogP contribution >= 0.6 is 0 Å². The maximum absolute atomic E-state index is 5.66. The molecule has 62 valence electrons. The van der Waals surface area contributed by atoms with Gasteiger partial charge in [-0.3, -0.25) is 4.98 Å². The molecule has 0 N–H and O–H groups in total. The third-order valence-electron chi connectivity index (χ3n) is 2.93. The Labute approximate surface area is 71.6 Å². The van der Waals surface area contributed by atoms with Crippen molar-refractivity contribution in [2.75, 3.05) is 0 Å². The van der Waals surface area contributed by atoms with E-state index in [9.17, 15) is 0 Å². The van der Waals surface area contributed by atoms with Crippen LogP contribution in [0.25, 0.3) is 0 Å². The van der Waals surface area contributed by atoms with Gasteiger partial charge in [0.1, 0.15) is 5.60 Å². The Bertz CT molecular complexity index is 298. The van der Waals surface area contributed by atoms with Crippen molar-refractivity contribution in [2.24, 2.45) is 0 Å². The van der Waals surface area contributed by atoms with Crippen LogP contribution in [0.1, 0.15) is 25.0 Å². The maximum Gasteiger partial charge on any atom is 0.136 e. The molecule has 0 bridgehead atoms. The molecule has 2 fully saturated rings. The molecule has 1 aromatic rings. The first-order chi connectivity index (χ1) is 5.92. The molecule has 1 aliphatic carbocycles. The summed E-state index contributed by atoms with van der Waals surface area (Å²) in [5, 5.41) is 0. The van der Waals surface area contributed by atoms with Gasteiger partial charge in [0, 0.05) is 6.20 Å². The molecule has 2 heteroatoms. The number of nitrogens with zero attached hydrogens (tertiary/aromatic N) is 1. The molecule has 0 radical (unpaired) electrons. The van der Waals surface area contributed by atoms with Gasteiger partial charge < -0.3 is 4.74 Å². The van der Waals surface area contributed by atoms with Gasteiger partial charge >= 0.3 is 0 Å². The fraction of sp³-hybridized carbons (Fsp3) is 0.500. The molecule has 12 heavy (non-hydrogen) atoms. The Morgan fingerprint density at radius 1 is 1.50 bits per heavy atom. The molecule has 0 amide bonds. The first kappa shape index (κ1) is 6.61. The van der Waals surface area contributed by atoms with E-state index in [-0.39, 0.29) is 5.60 Å². The van der Waals surface area contributed by atoms with Gasteiger partial charge in [-0.1, -0.05) is 6.07 Å². The van der Waals surface area contributed by atoms with Crippen molar-refractivity contribution < 1.29 is 4.74 Å². The van der Waals surface area contributed by atoms with Crippen LogP contribution in [0.2, 0.25) is 0 Å². The lowest BCUT2D eigenvalue weighted by atomic mass is 10.0. The van der Waals surface area contributed by atoms with Crippen molar-refractivity contribution in [3.63, 3.8) is 0 Å². The number of fused-ring (bicyclic) bond motifs is 1. The predicted octanol–water partition coefficient (Wildman–Crippen LogP) is 1.86. The molecule has 2 atom stereocenters. The summed E-state index contributed by atoms with van der Waals surface area (Å²) in [6.07, 6.45) is 6.00. The van der Waals surface area contributed by atoms with E-state index in [0.29, 0.717) is 6.10 Å². The second kappa shape index (κ2) is 2.07. The SMILES string of the molecule is c1ccc([C@@]23CCC[C@@H]2O3)nc1. The summed E-state index contributed by atoms with van der Waals surface area (Å²) in [4.78, 5) is 4.35. The largest absolute Gasteiger partial charge is 0.359 e. The van der Waals surface area contributed by atoms with Gasteiger partial charge in [-0.05, 0) is 31.4 Å². The molecular formula is C10H11NO. The number of rotatable bonds is 1. The number of hydrogen-bond donors (Lipinski definition) is 0. The zero-order chi connectivity index (χ0) is 8.02. The normalized spacial score (nSPS) is 37.8. The lowest BCUT2D eigenvalue weighted by Gasteiger charge is -2.05. The molecule has 1 saturated carbocycles. The monoisotopic (exact) mass is 161 g/mol. The predicted molar refractivity (Wildman–Crippen MR) is 44.6 cm³/mol. The summed E-state index contributed by atoms with van der Waals surface area (Å²) in [5.74, 6) is 0. The molecule has 2 heterocycles. The topological polar surface area (TPSA) is 25.4 Å². The second-order valence-corrected chi connectivity index (χ2v) is 3.60. The molecule has 1 aromatic heterocycles. The standard InChI is InChI=1S/C10H11NO/c1-2-7-11-8(4-1)10-6-3-5-9(10)12-10/h1-2,4,7,9H,3,5-6H2/t9-,10-/m0/s1. The number of epoxide rings is 1. The zero-order valence-electron chi connectivity index (χ0n) is 6.86. The highest BCUT2D eigenvalue weighted by Crippen LogP contribution is 2.56. The van der Waals surface area contributed by atoms with Gasteiger partial charge in [-0.15, -0.1) is 0 Å². The lowest BCUT2D eigenvalue weighted by molar-refractivity contribution is 0.249. The van der Waals surface area contributed by atoms with Crippen LogP contribution in [0.4, 0.5) is 0 Å². The zero-order valence-corrected chi connectivity index (χ0v) is 6.86. The molecule has 1 aliphatic heterocycles. The first-order valence-electron chi connectivity index (χ1n) is 4.51. The van der Waals surface area contributed by atoms with Gasteiger partial charge in [0.05, 0.1) is 11.8 Å². The number of pyridine rings is 1. The second-order valence-electron chi connectivity index (χ2n) is 3.60. The van der Waals surface area contributed by atoms with Crippen LogP contribution in [0, 0.1) is 0 Å². The molecule has 0 spiro atoms. The van der Waals surface area contributed by atoms with Crippen LogP contribution in [0.3, 0.4) is 0 Å². The quantitative estimate of drug-likeness (QED) is 0.587. The third-order valence-corrected chi connectivity index (χ3v) is 2.93. The number of ether oxygens (including phenoxy) is 1. The molecule has 1 saturated heterocycles. The Morgan fingerprint density at radius 3 is 3.08 bits per heavy atom. The molecule has 0 aromatic carbocycles. The number of hydrogen-bond acceptors (Lipinski definition) is 2. The minimum Gasteiger partial charge on any atom is -0.359 e. The molecule has 3 rings (SSSR count). The van der Waals surface area contributed by atoms with E-state index in [2.05, 4.69) is 11.1 Å². The summed E-state index contributed by atoms with van der Waals surface area (Å²) in [5.41, 5.74) is 1.17. The lowest BCUT2D eigenvalue weighted by Crippen LogP contribution is -2.08. The third kappa shape index (κ3) is 0.707. The van der Waals surface area contributed by atoms with E-state index in [4.69, 9.17) is 4.74 Å². The molecule has 2 nitrogen and oxygen atoms in total. The highest BCUT2D eigenvalue weighted by atomic mass is 16.6. The van der Waals surface area contributed by atoms with E-state index in [1.165, 1.54) is 12.8 Å². The van der Waals surface area contributed by atoms with Crippen molar-refractivity contribution in [3.8, 4) is 0 Å². The van der Waals surface area contributed by atoms with Crippen LogP contribution in [-0.4, -0.2) is 11.1 Å². The Hall–Kier alpha value is -0.890. The van der Waals surface area contributed by atoms with Crippen molar-refractivity contribution in [2.45, 2.75) is 31.0 Å². The minimum atomic E-state index is 0.0429. The van der Waals surface area contributed by atoms with E-state index in [0.717, 1.165) is 12.1 Å². The fourth-order valence-corrected chi connectivity index (χ4v) is 2.25. The van der Waals surface area contributed by atoms with Crippen LogP contribution < -0.4 is 0 Å². The Balaban J connectivity index is 2.00. The van der Waals surface area contributed by atoms with Crippen LogP contribution in [0.15, 0.2) is 24.4 Å². The summed E-state index contributed by atoms with van der Waals surface area (Å²) >= 11 is 0. The van der Waals surface area contributed by atoms with Gasteiger partial charge in [0.2, 0.25) is 0 Å². The van der Waals surface area contributed by atoms with Crippen LogP contribution in [0.5, 0.6) is 0 Å². The highest BCUT2D eigenvalue weighted by Gasteiger charge is 2.61. The summed E-state index contributed by atoms with van der Waals surface area (Å²) < 4.78 is 5.66. The Kier molecular flexibility index (Phi) is 1.14. The smallest absolute Gasteiger partial charge is 0.136 e.